The third kappa shape index (κ3) is 7.07. The molecule has 0 bridgehead atoms. The van der Waals surface area contributed by atoms with Gasteiger partial charge < -0.3 is 20.4 Å². The fraction of sp³-hybridized carbons (Fsp3) is 0.333. The number of hydrogen-bond acceptors (Lipinski definition) is 5. The first-order valence-electron chi connectivity index (χ1n) is 5.43. The second kappa shape index (κ2) is 7.85. The van der Waals surface area contributed by atoms with E-state index >= 15 is 0 Å². The number of aromatic nitrogens is 1. The summed E-state index contributed by atoms with van der Waals surface area (Å²) >= 11 is 0. The monoisotopic (exact) mass is 285 g/mol. The molecule has 0 saturated heterocycles. The van der Waals surface area contributed by atoms with Crippen molar-refractivity contribution in [2.75, 3.05) is 0 Å². The lowest BCUT2D eigenvalue weighted by Gasteiger charge is -2.18. The molecule has 110 valence electrons. The molecule has 0 atom stereocenters. The van der Waals surface area contributed by atoms with E-state index in [0.717, 1.165) is 0 Å². The van der Waals surface area contributed by atoms with Gasteiger partial charge in [0.15, 0.2) is 5.60 Å². The third-order valence-electron chi connectivity index (χ3n) is 2.09. The van der Waals surface area contributed by atoms with Crippen LogP contribution in [0.5, 0.6) is 0 Å². The number of aliphatic hydroxyl groups is 1. The lowest BCUT2D eigenvalue weighted by molar-refractivity contribution is -0.170. The molecule has 0 spiro atoms. The molecule has 1 heterocycles. The average Bonchev–Trinajstić information content (AvgIpc) is 2.28. The Morgan fingerprint density at radius 1 is 1.15 bits per heavy atom. The molecule has 20 heavy (non-hydrogen) atoms. The van der Waals surface area contributed by atoms with E-state index in [9.17, 15) is 14.4 Å². The summed E-state index contributed by atoms with van der Waals surface area (Å²) in [6.07, 6.45) is 1.32. The van der Waals surface area contributed by atoms with Gasteiger partial charge in [0.25, 0.3) is 0 Å². The molecule has 0 saturated carbocycles. The van der Waals surface area contributed by atoms with E-state index in [0.29, 0.717) is 0 Å². The molecule has 0 amide bonds. The summed E-state index contributed by atoms with van der Waals surface area (Å²) in [6.45, 7) is 2.02. The van der Waals surface area contributed by atoms with Crippen molar-refractivity contribution in [2.24, 2.45) is 0 Å². The number of pyridine rings is 1. The molecule has 0 aliphatic rings. The Morgan fingerprint density at radius 3 is 1.85 bits per heavy atom. The highest BCUT2D eigenvalue weighted by Gasteiger charge is 2.40. The van der Waals surface area contributed by atoms with Crippen LogP contribution in [-0.2, 0) is 14.4 Å². The zero-order chi connectivity index (χ0) is 15.8. The van der Waals surface area contributed by atoms with Crippen molar-refractivity contribution < 1.29 is 34.8 Å². The number of hydrogen-bond donors (Lipinski definition) is 4. The Bertz CT molecular complexity index is 456. The van der Waals surface area contributed by atoms with Crippen molar-refractivity contribution in [3.05, 3.63) is 30.1 Å². The van der Waals surface area contributed by atoms with E-state index in [-0.39, 0.29) is 0 Å². The summed E-state index contributed by atoms with van der Waals surface area (Å²) in [5.41, 5.74) is -1.53. The molecular weight excluding hydrogens is 270 g/mol. The van der Waals surface area contributed by atoms with Crippen LogP contribution in [0.1, 0.15) is 18.4 Å². The van der Waals surface area contributed by atoms with Crippen molar-refractivity contribution in [1.29, 1.82) is 0 Å². The van der Waals surface area contributed by atoms with Crippen LogP contribution >= 0.6 is 0 Å². The van der Waals surface area contributed by atoms with Gasteiger partial charge in [-0.15, -0.1) is 0 Å². The quantitative estimate of drug-likeness (QED) is 0.597. The highest BCUT2D eigenvalue weighted by molar-refractivity contribution is 5.88. The van der Waals surface area contributed by atoms with Crippen molar-refractivity contribution in [3.8, 4) is 0 Å². The SMILES string of the molecule is Cc1cccnc1.O=C(O)CC(O)(CC(=O)O)C(=O)O. The lowest BCUT2D eigenvalue weighted by atomic mass is 9.96. The van der Waals surface area contributed by atoms with Gasteiger partial charge in [0, 0.05) is 12.4 Å². The minimum Gasteiger partial charge on any atom is -0.481 e. The summed E-state index contributed by atoms with van der Waals surface area (Å²) in [7, 11) is 0. The molecule has 8 nitrogen and oxygen atoms in total. The number of rotatable bonds is 5. The fourth-order valence-electron chi connectivity index (χ4n) is 1.16. The van der Waals surface area contributed by atoms with Gasteiger partial charge in [-0.25, -0.2) is 4.79 Å². The maximum absolute atomic E-state index is 10.3. The first kappa shape index (κ1) is 17.5. The summed E-state index contributed by atoms with van der Waals surface area (Å²) in [4.78, 5) is 34.4. The number of aliphatic carboxylic acids is 3. The minimum absolute atomic E-state index is 1.14. The molecule has 1 aromatic rings. The summed E-state index contributed by atoms with van der Waals surface area (Å²) in [5, 5.41) is 33.8. The zero-order valence-electron chi connectivity index (χ0n) is 10.7. The number of aryl methyl sites for hydroxylation is 1. The predicted octanol–water partition coefficient (Wildman–Crippen LogP) is 0.142. The first-order chi connectivity index (χ1) is 9.17. The van der Waals surface area contributed by atoms with Crippen LogP contribution in [0.25, 0.3) is 0 Å². The number of carbonyl (C=O) groups is 3. The lowest BCUT2D eigenvalue weighted by Crippen LogP contribution is -2.42. The summed E-state index contributed by atoms with van der Waals surface area (Å²) in [5.74, 6) is -5.02. The van der Waals surface area contributed by atoms with E-state index in [1.165, 1.54) is 5.56 Å². The first-order valence-corrected chi connectivity index (χ1v) is 5.43. The van der Waals surface area contributed by atoms with Crippen LogP contribution in [0, 0.1) is 6.92 Å². The second-order valence-corrected chi connectivity index (χ2v) is 4.01. The van der Waals surface area contributed by atoms with Crippen LogP contribution in [-0.4, -0.2) is 48.9 Å². The molecule has 1 rings (SSSR count). The van der Waals surface area contributed by atoms with Gasteiger partial charge in [-0.1, -0.05) is 6.07 Å². The van der Waals surface area contributed by atoms with E-state index in [2.05, 4.69) is 4.98 Å². The molecular formula is C12H15NO7. The summed E-state index contributed by atoms with van der Waals surface area (Å²) < 4.78 is 0. The minimum atomic E-state index is -2.74. The molecule has 4 N–H and O–H groups in total. The Hall–Kier alpha value is -2.48. The molecule has 0 fully saturated rings. The Balaban J connectivity index is 0.000000428. The van der Waals surface area contributed by atoms with Crippen molar-refractivity contribution in [1.82, 2.24) is 4.98 Å². The van der Waals surface area contributed by atoms with Crippen LogP contribution in [0.4, 0.5) is 0 Å². The Labute approximate surface area is 114 Å². The van der Waals surface area contributed by atoms with Crippen molar-refractivity contribution >= 4 is 17.9 Å². The molecule has 0 radical (unpaired) electrons. The van der Waals surface area contributed by atoms with E-state index in [4.69, 9.17) is 20.4 Å². The van der Waals surface area contributed by atoms with E-state index in [1.54, 1.807) is 6.20 Å². The van der Waals surface area contributed by atoms with Crippen molar-refractivity contribution in [3.63, 3.8) is 0 Å². The highest BCUT2D eigenvalue weighted by atomic mass is 16.4. The van der Waals surface area contributed by atoms with Gasteiger partial charge in [0.1, 0.15) is 0 Å². The number of carboxylic acid groups (broad SMARTS) is 3. The Morgan fingerprint density at radius 2 is 1.65 bits per heavy atom. The van der Waals surface area contributed by atoms with E-state index < -0.39 is 36.4 Å². The van der Waals surface area contributed by atoms with Crippen LogP contribution in [0.3, 0.4) is 0 Å². The Kier molecular flexibility index (Phi) is 6.87. The summed E-state index contributed by atoms with van der Waals surface area (Å²) in [6, 6.07) is 3.95. The van der Waals surface area contributed by atoms with Gasteiger partial charge in [-0.05, 0) is 18.6 Å². The van der Waals surface area contributed by atoms with Gasteiger partial charge in [-0.2, -0.15) is 0 Å². The molecule has 8 heteroatoms. The predicted molar refractivity (Wildman–Crippen MR) is 66.1 cm³/mol. The molecule has 1 aromatic heterocycles. The topological polar surface area (TPSA) is 145 Å². The van der Waals surface area contributed by atoms with Crippen LogP contribution in [0.15, 0.2) is 24.5 Å². The van der Waals surface area contributed by atoms with Crippen LogP contribution in [0.2, 0.25) is 0 Å². The molecule has 0 unspecified atom stereocenters. The standard InChI is InChI=1S/C6H7N.C6H8O7/c1-6-3-2-4-7-5-6;7-3(8)1-6(13,5(11)12)2-4(9)10/h2-5H,1H3;13H,1-2H2,(H,7,8)(H,9,10)(H,11,12). The average molecular weight is 285 g/mol. The number of carboxylic acids is 3. The van der Waals surface area contributed by atoms with E-state index in [1.807, 2.05) is 25.3 Å². The number of nitrogens with zero attached hydrogens (tertiary/aromatic N) is 1. The van der Waals surface area contributed by atoms with Gasteiger partial charge in [-0.3, -0.25) is 14.6 Å². The van der Waals surface area contributed by atoms with Crippen molar-refractivity contribution in [2.45, 2.75) is 25.4 Å². The zero-order valence-corrected chi connectivity index (χ0v) is 10.7. The highest BCUT2D eigenvalue weighted by Crippen LogP contribution is 2.15. The third-order valence-corrected chi connectivity index (χ3v) is 2.09. The van der Waals surface area contributed by atoms with Gasteiger partial charge in [0.05, 0.1) is 12.8 Å². The van der Waals surface area contributed by atoms with Gasteiger partial charge >= 0.3 is 17.9 Å². The largest absolute Gasteiger partial charge is 0.481 e. The smallest absolute Gasteiger partial charge is 0.336 e. The molecule has 0 aliphatic carbocycles. The molecule has 0 aromatic carbocycles. The molecule has 0 aliphatic heterocycles. The maximum atomic E-state index is 10.3. The van der Waals surface area contributed by atoms with Gasteiger partial charge in [0.2, 0.25) is 0 Å². The van der Waals surface area contributed by atoms with Crippen LogP contribution < -0.4 is 0 Å². The second-order valence-electron chi connectivity index (χ2n) is 4.01. The maximum Gasteiger partial charge on any atom is 0.336 e. The fourth-order valence-corrected chi connectivity index (χ4v) is 1.16. The normalized spacial score (nSPS) is 10.1.